The van der Waals surface area contributed by atoms with Crippen molar-refractivity contribution in [2.24, 2.45) is 17.6 Å². The zero-order chi connectivity index (χ0) is 31.3. The number of pyridine rings is 1. The van der Waals surface area contributed by atoms with Crippen LogP contribution in [0.25, 0.3) is 11.1 Å². The molecule has 1 saturated heterocycles. The summed E-state index contributed by atoms with van der Waals surface area (Å²) in [6.07, 6.45) is -0.397. The number of carboxylic acids is 2. The quantitative estimate of drug-likeness (QED) is 0.274. The average molecular weight is 598 g/mol. The molecule has 0 radical (unpaired) electrons. The molecule has 1 aromatic heterocycles. The normalized spacial score (nSPS) is 15.7. The fourth-order valence-electron chi connectivity index (χ4n) is 4.83. The predicted molar refractivity (Wildman–Crippen MR) is 152 cm³/mol. The highest BCUT2D eigenvalue weighted by Gasteiger charge is 2.30. The first-order valence-corrected chi connectivity index (χ1v) is 13.8. The number of ether oxygens (including phenoxy) is 2. The molecule has 2 atom stereocenters. The molecule has 1 fully saturated rings. The maximum atomic E-state index is 14.9. The van der Waals surface area contributed by atoms with E-state index >= 15 is 0 Å². The van der Waals surface area contributed by atoms with E-state index in [1.165, 1.54) is 17.0 Å². The number of rotatable bonds is 11. The molecule has 2 heterocycles. The maximum Gasteiger partial charge on any atom is 0.344 e. The summed E-state index contributed by atoms with van der Waals surface area (Å²) in [7, 11) is 0. The number of likely N-dealkylation sites (tertiary alicyclic amines) is 1. The number of aromatic nitrogens is 1. The summed E-state index contributed by atoms with van der Waals surface area (Å²) < 4.78 is 40.4. The molecule has 43 heavy (non-hydrogen) atoms. The van der Waals surface area contributed by atoms with Crippen molar-refractivity contribution in [3.63, 3.8) is 0 Å². The zero-order valence-electron chi connectivity index (χ0n) is 23.8. The fourth-order valence-corrected chi connectivity index (χ4v) is 4.83. The molecule has 1 unspecified atom stereocenters. The molecule has 0 spiro atoms. The van der Waals surface area contributed by atoms with Crippen LogP contribution in [-0.2, 0) is 16.1 Å². The van der Waals surface area contributed by atoms with Crippen LogP contribution in [0.1, 0.15) is 49.0 Å². The number of carboxylic acid groups (broad SMARTS) is 2. The Kier molecular flexibility index (Phi) is 9.92. The Bertz CT molecular complexity index is 1510. The van der Waals surface area contributed by atoms with Gasteiger partial charge in [0.1, 0.15) is 5.75 Å². The van der Waals surface area contributed by atoms with Crippen molar-refractivity contribution < 1.29 is 42.9 Å². The van der Waals surface area contributed by atoms with E-state index in [9.17, 15) is 33.4 Å². The van der Waals surface area contributed by atoms with Gasteiger partial charge in [0.15, 0.2) is 17.7 Å². The van der Waals surface area contributed by atoms with Crippen LogP contribution in [0.3, 0.4) is 0 Å². The summed E-state index contributed by atoms with van der Waals surface area (Å²) in [6.45, 7) is 4.20. The van der Waals surface area contributed by atoms with E-state index in [4.69, 9.17) is 15.2 Å². The lowest BCUT2D eigenvalue weighted by atomic mass is 9.96. The molecule has 1 aliphatic rings. The van der Waals surface area contributed by atoms with E-state index < -0.39 is 53.3 Å². The molecule has 0 bridgehead atoms. The summed E-state index contributed by atoms with van der Waals surface area (Å²) in [5, 5.41) is 19.0. The topological polar surface area (TPSA) is 152 Å². The van der Waals surface area contributed by atoms with E-state index in [0.717, 1.165) is 5.56 Å². The van der Waals surface area contributed by atoms with Crippen LogP contribution >= 0.6 is 0 Å². The van der Waals surface area contributed by atoms with Gasteiger partial charge in [0, 0.05) is 31.3 Å². The molecule has 0 aliphatic carbocycles. The molecule has 4 rings (SSSR count). The number of nitrogens with two attached hydrogens (primary N) is 1. The molecular formula is C31H33F2N3O7. The van der Waals surface area contributed by atoms with Crippen molar-refractivity contribution in [3.05, 3.63) is 71.3 Å². The monoisotopic (exact) mass is 597 g/mol. The van der Waals surface area contributed by atoms with Crippen LogP contribution in [0.5, 0.6) is 17.5 Å². The van der Waals surface area contributed by atoms with Crippen molar-refractivity contribution in [2.75, 3.05) is 13.1 Å². The van der Waals surface area contributed by atoms with E-state index in [2.05, 4.69) is 4.98 Å². The van der Waals surface area contributed by atoms with Gasteiger partial charge in [0.25, 0.3) is 17.7 Å². The third-order valence-corrected chi connectivity index (χ3v) is 7.00. The molecular weight excluding hydrogens is 564 g/mol. The van der Waals surface area contributed by atoms with Crippen LogP contribution < -0.4 is 15.2 Å². The van der Waals surface area contributed by atoms with Crippen LogP contribution in [0.15, 0.2) is 48.5 Å². The standard InChI is InChI=1S/C31H33F2N3O7/c1-17(2)9-26(31(40)41)43-28-25(33)14-24(32)27(35-28)42-23-12-21(19-6-3-5-18(10-19)15-34)11-22(13-23)29(37)36-8-4-7-20(16-36)30(38)39/h3,5-6,10-14,17,20,26H,4,7-9,15-16,34H2,1-2H3,(H,38,39)(H,40,41)/t20?,26-/m1/s1. The van der Waals surface area contributed by atoms with Gasteiger partial charge in [-0.2, -0.15) is 4.98 Å². The van der Waals surface area contributed by atoms with Crippen LogP contribution in [0, 0.1) is 23.5 Å². The number of halogens is 2. The number of benzene rings is 2. The van der Waals surface area contributed by atoms with Gasteiger partial charge in [-0.25, -0.2) is 13.6 Å². The SMILES string of the molecule is CC(C)C[C@@H](Oc1nc(Oc2cc(C(=O)N3CCCC(C(=O)O)C3)cc(-c3cccc(CN)c3)c2)c(F)cc1F)C(=O)O. The first-order chi connectivity index (χ1) is 20.4. The predicted octanol–water partition coefficient (Wildman–Crippen LogP) is 5.09. The maximum absolute atomic E-state index is 14.9. The molecule has 3 aromatic rings. The lowest BCUT2D eigenvalue weighted by molar-refractivity contribution is -0.146. The molecule has 0 saturated carbocycles. The van der Waals surface area contributed by atoms with E-state index in [0.29, 0.717) is 36.6 Å². The summed E-state index contributed by atoms with van der Waals surface area (Å²) in [5.41, 5.74) is 7.97. The fraction of sp³-hybridized carbons (Fsp3) is 0.355. The minimum Gasteiger partial charge on any atom is -0.481 e. The number of carbonyl (C=O) groups excluding carboxylic acids is 1. The van der Waals surface area contributed by atoms with Gasteiger partial charge < -0.3 is 30.3 Å². The highest BCUT2D eigenvalue weighted by atomic mass is 19.1. The highest BCUT2D eigenvalue weighted by molar-refractivity contribution is 5.96. The van der Waals surface area contributed by atoms with Crippen molar-refractivity contribution >= 4 is 17.8 Å². The van der Waals surface area contributed by atoms with Crippen molar-refractivity contribution in [1.29, 1.82) is 0 Å². The molecule has 1 amide bonds. The van der Waals surface area contributed by atoms with Crippen molar-refractivity contribution in [3.8, 4) is 28.6 Å². The van der Waals surface area contributed by atoms with Crippen LogP contribution in [-0.4, -0.2) is 57.1 Å². The van der Waals surface area contributed by atoms with Gasteiger partial charge in [-0.05, 0) is 66.1 Å². The Morgan fingerprint density at radius 1 is 1.05 bits per heavy atom. The Morgan fingerprint density at radius 3 is 2.47 bits per heavy atom. The zero-order valence-corrected chi connectivity index (χ0v) is 23.8. The van der Waals surface area contributed by atoms with Gasteiger partial charge in [-0.3, -0.25) is 9.59 Å². The van der Waals surface area contributed by atoms with E-state index in [1.54, 1.807) is 32.0 Å². The summed E-state index contributed by atoms with van der Waals surface area (Å²) in [6, 6.07) is 12.2. The van der Waals surface area contributed by atoms with Crippen LogP contribution in [0.4, 0.5) is 8.78 Å². The smallest absolute Gasteiger partial charge is 0.344 e. The van der Waals surface area contributed by atoms with Crippen molar-refractivity contribution in [2.45, 2.75) is 45.8 Å². The highest BCUT2D eigenvalue weighted by Crippen LogP contribution is 2.33. The number of hydrogen-bond donors (Lipinski definition) is 3. The van der Waals surface area contributed by atoms with Gasteiger partial charge in [0.05, 0.1) is 5.92 Å². The molecule has 4 N–H and O–H groups in total. The Morgan fingerprint density at radius 2 is 1.79 bits per heavy atom. The molecule has 228 valence electrons. The summed E-state index contributed by atoms with van der Waals surface area (Å²) in [4.78, 5) is 42.0. The molecule has 2 aromatic carbocycles. The number of aliphatic carboxylic acids is 2. The number of hydrogen-bond acceptors (Lipinski definition) is 7. The molecule has 12 heteroatoms. The average Bonchev–Trinajstić information content (AvgIpc) is 2.98. The van der Waals surface area contributed by atoms with E-state index in [1.807, 2.05) is 12.1 Å². The Balaban J connectivity index is 1.73. The lowest BCUT2D eigenvalue weighted by Gasteiger charge is -2.31. The molecule has 10 nitrogen and oxygen atoms in total. The van der Waals surface area contributed by atoms with Gasteiger partial charge >= 0.3 is 11.9 Å². The van der Waals surface area contributed by atoms with Gasteiger partial charge in [0.2, 0.25) is 0 Å². The third-order valence-electron chi connectivity index (χ3n) is 7.00. The molecule has 1 aliphatic heterocycles. The minimum atomic E-state index is -1.43. The number of nitrogens with zero attached hydrogens (tertiary/aromatic N) is 2. The second-order valence-electron chi connectivity index (χ2n) is 10.8. The second kappa shape index (κ2) is 13.6. The van der Waals surface area contributed by atoms with Gasteiger partial charge in [-0.1, -0.05) is 32.0 Å². The first-order valence-electron chi connectivity index (χ1n) is 13.8. The minimum absolute atomic E-state index is 0.0216. The van der Waals surface area contributed by atoms with Crippen LogP contribution in [0.2, 0.25) is 0 Å². The number of piperidine rings is 1. The third kappa shape index (κ3) is 7.83. The lowest BCUT2D eigenvalue weighted by Crippen LogP contribution is -2.42. The first kappa shape index (κ1) is 31.4. The van der Waals surface area contributed by atoms with Crippen molar-refractivity contribution in [1.82, 2.24) is 9.88 Å². The largest absolute Gasteiger partial charge is 0.481 e. The summed E-state index contributed by atoms with van der Waals surface area (Å²) in [5.74, 6) is -7.40. The van der Waals surface area contributed by atoms with E-state index in [-0.39, 0.29) is 36.7 Å². The number of amides is 1. The summed E-state index contributed by atoms with van der Waals surface area (Å²) >= 11 is 0. The second-order valence-corrected chi connectivity index (χ2v) is 10.8. The Hall–Kier alpha value is -4.58. The Labute approximate surface area is 247 Å². The number of carbonyl (C=O) groups is 3. The van der Waals surface area contributed by atoms with Gasteiger partial charge in [-0.15, -0.1) is 0 Å².